The Labute approximate surface area is 105 Å². The summed E-state index contributed by atoms with van der Waals surface area (Å²) in [6.45, 7) is 9.29. The van der Waals surface area contributed by atoms with Crippen LogP contribution >= 0.6 is 0 Å². The summed E-state index contributed by atoms with van der Waals surface area (Å²) in [5, 5.41) is 0. The lowest BCUT2D eigenvalue weighted by molar-refractivity contribution is -0.146. The molecule has 17 heavy (non-hydrogen) atoms. The van der Waals surface area contributed by atoms with E-state index in [9.17, 15) is 4.79 Å². The van der Waals surface area contributed by atoms with E-state index in [1.807, 2.05) is 6.92 Å². The number of cyclic esters (lactones) is 1. The van der Waals surface area contributed by atoms with Crippen molar-refractivity contribution in [1.82, 2.24) is 0 Å². The van der Waals surface area contributed by atoms with Gasteiger partial charge in [-0.05, 0) is 37.2 Å². The van der Waals surface area contributed by atoms with Gasteiger partial charge in [0.05, 0.1) is 5.92 Å². The van der Waals surface area contributed by atoms with Crippen molar-refractivity contribution in [3.05, 3.63) is 11.6 Å². The van der Waals surface area contributed by atoms with Crippen LogP contribution < -0.4 is 0 Å². The van der Waals surface area contributed by atoms with Crippen LogP contribution in [0.25, 0.3) is 0 Å². The zero-order valence-electron chi connectivity index (χ0n) is 11.7. The molecule has 1 unspecified atom stereocenters. The molecule has 2 nitrogen and oxygen atoms in total. The second-order valence-electron chi connectivity index (χ2n) is 5.66. The van der Waals surface area contributed by atoms with Crippen molar-refractivity contribution in [1.29, 1.82) is 0 Å². The third-order valence-electron chi connectivity index (χ3n) is 3.45. The summed E-state index contributed by atoms with van der Waals surface area (Å²) in [5.74, 6) is 1.35. The minimum Gasteiger partial charge on any atom is -0.461 e. The van der Waals surface area contributed by atoms with E-state index in [2.05, 4.69) is 26.8 Å². The Bertz CT molecular complexity index is 281. The molecule has 0 aromatic heterocycles. The largest absolute Gasteiger partial charge is 0.461 e. The van der Waals surface area contributed by atoms with Gasteiger partial charge >= 0.3 is 5.97 Å². The fourth-order valence-corrected chi connectivity index (χ4v) is 2.72. The number of carbonyl (C=O) groups is 1. The summed E-state index contributed by atoms with van der Waals surface area (Å²) in [6.07, 6.45) is 7.02. The normalized spacial score (nSPS) is 23.9. The van der Waals surface area contributed by atoms with E-state index in [4.69, 9.17) is 4.74 Å². The molecule has 0 fully saturated rings. The average Bonchev–Trinajstić information content (AvgIpc) is 2.23. The number of carbonyl (C=O) groups excluding carboxylic acids is 1. The van der Waals surface area contributed by atoms with Gasteiger partial charge < -0.3 is 4.74 Å². The predicted molar refractivity (Wildman–Crippen MR) is 70.7 cm³/mol. The molecule has 3 atom stereocenters. The molecule has 0 saturated heterocycles. The van der Waals surface area contributed by atoms with E-state index in [1.165, 1.54) is 24.8 Å². The van der Waals surface area contributed by atoms with Crippen LogP contribution in [0.4, 0.5) is 0 Å². The Kier molecular flexibility index (Phi) is 5.73. The second kappa shape index (κ2) is 6.83. The number of ether oxygens (including phenoxy) is 1. The molecule has 1 heterocycles. The maximum Gasteiger partial charge on any atom is 0.312 e. The molecule has 1 aliphatic rings. The quantitative estimate of drug-likeness (QED) is 0.517. The van der Waals surface area contributed by atoms with E-state index >= 15 is 0 Å². The fourth-order valence-electron chi connectivity index (χ4n) is 2.72. The highest BCUT2D eigenvalue weighted by molar-refractivity contribution is 5.75. The lowest BCUT2D eigenvalue weighted by Crippen LogP contribution is -2.21. The summed E-state index contributed by atoms with van der Waals surface area (Å²) in [5.41, 5.74) is 1.30. The van der Waals surface area contributed by atoms with Crippen molar-refractivity contribution in [3.8, 4) is 0 Å². The minimum absolute atomic E-state index is 0.0565. The van der Waals surface area contributed by atoms with Crippen molar-refractivity contribution in [3.63, 3.8) is 0 Å². The lowest BCUT2D eigenvalue weighted by Gasteiger charge is -2.22. The van der Waals surface area contributed by atoms with Crippen LogP contribution in [0.15, 0.2) is 11.6 Å². The highest BCUT2D eigenvalue weighted by Crippen LogP contribution is 2.25. The van der Waals surface area contributed by atoms with Gasteiger partial charge in [0.2, 0.25) is 0 Å². The zero-order chi connectivity index (χ0) is 12.8. The Morgan fingerprint density at radius 3 is 2.71 bits per heavy atom. The van der Waals surface area contributed by atoms with Crippen LogP contribution in [-0.4, -0.2) is 12.6 Å². The van der Waals surface area contributed by atoms with E-state index in [0.717, 1.165) is 12.3 Å². The molecule has 1 rings (SSSR count). The maximum absolute atomic E-state index is 11.2. The first-order chi connectivity index (χ1) is 8.02. The van der Waals surface area contributed by atoms with Gasteiger partial charge in [-0.15, -0.1) is 0 Å². The van der Waals surface area contributed by atoms with E-state index < -0.39 is 0 Å². The first-order valence-electron chi connectivity index (χ1n) is 6.89. The van der Waals surface area contributed by atoms with Crippen molar-refractivity contribution in [2.45, 2.75) is 53.4 Å². The molecule has 0 aromatic rings. The van der Waals surface area contributed by atoms with Gasteiger partial charge in [-0.2, -0.15) is 0 Å². The average molecular weight is 238 g/mol. The van der Waals surface area contributed by atoms with Crippen LogP contribution in [0.1, 0.15) is 53.4 Å². The molecule has 0 amide bonds. The van der Waals surface area contributed by atoms with Crippen molar-refractivity contribution >= 4 is 5.97 Å². The van der Waals surface area contributed by atoms with Gasteiger partial charge in [0.25, 0.3) is 0 Å². The molecular weight excluding hydrogens is 212 g/mol. The lowest BCUT2D eigenvalue weighted by atomic mass is 9.88. The van der Waals surface area contributed by atoms with E-state index in [0.29, 0.717) is 12.5 Å². The Balaban J connectivity index is 2.38. The SMILES string of the molecule is CCC[C@@H](C)C[C@H](C)CC1=CC(C)C(=O)OC1. The van der Waals surface area contributed by atoms with Crippen LogP contribution in [0.3, 0.4) is 0 Å². The molecular formula is C15H26O2. The fraction of sp³-hybridized carbons (Fsp3) is 0.800. The number of rotatable bonds is 6. The minimum atomic E-state index is -0.0826. The third-order valence-corrected chi connectivity index (χ3v) is 3.45. The number of esters is 1. The summed E-state index contributed by atoms with van der Waals surface area (Å²) < 4.78 is 5.15. The van der Waals surface area contributed by atoms with Gasteiger partial charge in [0.1, 0.15) is 6.61 Å². The Morgan fingerprint density at radius 2 is 2.12 bits per heavy atom. The van der Waals surface area contributed by atoms with Crippen LogP contribution in [0, 0.1) is 17.8 Å². The van der Waals surface area contributed by atoms with E-state index in [-0.39, 0.29) is 11.9 Å². The zero-order valence-corrected chi connectivity index (χ0v) is 11.7. The molecule has 2 heteroatoms. The topological polar surface area (TPSA) is 26.3 Å². The Hall–Kier alpha value is -0.790. The molecule has 0 aliphatic carbocycles. The molecule has 0 bridgehead atoms. The van der Waals surface area contributed by atoms with Crippen LogP contribution in [0.5, 0.6) is 0 Å². The first-order valence-corrected chi connectivity index (χ1v) is 6.89. The molecule has 0 radical (unpaired) electrons. The van der Waals surface area contributed by atoms with Gasteiger partial charge in [-0.25, -0.2) is 0 Å². The summed E-state index contributed by atoms with van der Waals surface area (Å²) in [4.78, 5) is 11.2. The van der Waals surface area contributed by atoms with Gasteiger partial charge in [-0.3, -0.25) is 4.79 Å². The molecule has 0 aromatic carbocycles. The van der Waals surface area contributed by atoms with Crippen LogP contribution in [0.2, 0.25) is 0 Å². The summed E-state index contributed by atoms with van der Waals surface area (Å²) in [6, 6.07) is 0. The number of hydrogen-bond acceptors (Lipinski definition) is 2. The van der Waals surface area contributed by atoms with E-state index in [1.54, 1.807) is 0 Å². The number of hydrogen-bond donors (Lipinski definition) is 0. The molecule has 0 spiro atoms. The smallest absolute Gasteiger partial charge is 0.312 e. The van der Waals surface area contributed by atoms with Gasteiger partial charge in [-0.1, -0.05) is 39.7 Å². The molecule has 0 saturated carbocycles. The third kappa shape index (κ3) is 4.93. The van der Waals surface area contributed by atoms with Crippen molar-refractivity contribution in [2.75, 3.05) is 6.61 Å². The Morgan fingerprint density at radius 1 is 1.41 bits per heavy atom. The summed E-state index contributed by atoms with van der Waals surface area (Å²) in [7, 11) is 0. The molecule has 1 aliphatic heterocycles. The standard InChI is InChI=1S/C15H26O2/c1-5-6-11(2)7-12(3)8-14-9-13(4)15(16)17-10-14/h9,11-13H,5-8,10H2,1-4H3/t11-,12+,13?/m1/s1. The predicted octanol–water partition coefficient (Wildman–Crippen LogP) is 3.96. The van der Waals surface area contributed by atoms with Crippen molar-refractivity contribution in [2.24, 2.45) is 17.8 Å². The first kappa shape index (κ1) is 14.3. The molecule has 0 N–H and O–H groups in total. The van der Waals surface area contributed by atoms with Gasteiger partial charge in [0.15, 0.2) is 0 Å². The second-order valence-corrected chi connectivity index (χ2v) is 5.66. The van der Waals surface area contributed by atoms with Gasteiger partial charge in [0, 0.05) is 0 Å². The van der Waals surface area contributed by atoms with Crippen molar-refractivity contribution < 1.29 is 9.53 Å². The highest BCUT2D eigenvalue weighted by Gasteiger charge is 2.20. The van der Waals surface area contributed by atoms with Crippen LogP contribution in [-0.2, 0) is 9.53 Å². The monoisotopic (exact) mass is 238 g/mol. The summed E-state index contributed by atoms with van der Waals surface area (Å²) >= 11 is 0. The highest BCUT2D eigenvalue weighted by atomic mass is 16.5. The maximum atomic E-state index is 11.2. The molecule has 98 valence electrons.